The Balaban J connectivity index is 2.62. The van der Waals surface area contributed by atoms with Crippen molar-refractivity contribution in [2.45, 2.75) is 72.0 Å². The van der Waals surface area contributed by atoms with E-state index in [0.29, 0.717) is 19.3 Å². The SMILES string of the molecule is CC(C)(C)OC(=O)N(CCC[C@@H]1CC1C(=O)O)C(=O)OC(C)(C)C. The summed E-state index contributed by atoms with van der Waals surface area (Å²) in [6.45, 7) is 10.5. The van der Waals surface area contributed by atoms with Gasteiger partial charge >= 0.3 is 18.2 Å². The van der Waals surface area contributed by atoms with E-state index in [1.807, 2.05) is 0 Å². The second-order valence-corrected chi connectivity index (χ2v) is 8.20. The molecule has 7 heteroatoms. The van der Waals surface area contributed by atoms with E-state index in [-0.39, 0.29) is 18.4 Å². The lowest BCUT2D eigenvalue weighted by molar-refractivity contribution is -0.138. The zero-order chi connectivity index (χ0) is 18.7. The van der Waals surface area contributed by atoms with E-state index < -0.39 is 29.4 Å². The zero-order valence-electron chi connectivity index (χ0n) is 15.4. The van der Waals surface area contributed by atoms with E-state index in [9.17, 15) is 14.4 Å². The molecule has 0 aromatic rings. The first-order valence-corrected chi connectivity index (χ1v) is 8.26. The van der Waals surface area contributed by atoms with Crippen molar-refractivity contribution in [3.05, 3.63) is 0 Å². The third kappa shape index (κ3) is 7.19. The number of imide groups is 1. The second-order valence-electron chi connectivity index (χ2n) is 8.20. The van der Waals surface area contributed by atoms with Gasteiger partial charge in [-0.2, -0.15) is 0 Å². The van der Waals surface area contributed by atoms with Crippen molar-refractivity contribution in [3.63, 3.8) is 0 Å². The minimum atomic E-state index is -0.781. The molecule has 0 bridgehead atoms. The van der Waals surface area contributed by atoms with E-state index >= 15 is 0 Å². The predicted molar refractivity (Wildman–Crippen MR) is 87.6 cm³/mol. The summed E-state index contributed by atoms with van der Waals surface area (Å²) in [6, 6.07) is 0. The number of rotatable bonds is 5. The molecule has 0 aromatic heterocycles. The number of nitrogens with zero attached hydrogens (tertiary/aromatic N) is 1. The van der Waals surface area contributed by atoms with Gasteiger partial charge in [0.1, 0.15) is 11.2 Å². The lowest BCUT2D eigenvalue weighted by Gasteiger charge is -2.28. The van der Waals surface area contributed by atoms with Crippen LogP contribution in [-0.4, -0.2) is 45.9 Å². The Morgan fingerprint density at radius 2 is 1.46 bits per heavy atom. The standard InChI is InChI=1S/C17H29NO6/c1-16(2,3)23-14(21)18(15(22)24-17(4,5)6)9-7-8-11-10-12(11)13(19)20/h11-12H,7-10H2,1-6H3,(H,19,20)/t11-,12?/m1/s1. The van der Waals surface area contributed by atoms with E-state index in [1.54, 1.807) is 41.5 Å². The van der Waals surface area contributed by atoms with Crippen LogP contribution in [0.1, 0.15) is 60.8 Å². The lowest BCUT2D eigenvalue weighted by atomic mass is 10.2. The van der Waals surface area contributed by atoms with Crippen LogP contribution in [0.15, 0.2) is 0 Å². The number of amides is 2. The minimum Gasteiger partial charge on any atom is -0.481 e. The molecule has 1 aliphatic carbocycles. The largest absolute Gasteiger partial charge is 0.481 e. The van der Waals surface area contributed by atoms with Crippen LogP contribution >= 0.6 is 0 Å². The molecule has 2 amide bonds. The van der Waals surface area contributed by atoms with Crippen LogP contribution in [0.2, 0.25) is 0 Å². The molecule has 1 aliphatic rings. The fourth-order valence-corrected chi connectivity index (χ4v) is 2.27. The smallest absolute Gasteiger partial charge is 0.419 e. The highest BCUT2D eigenvalue weighted by Gasteiger charge is 2.42. The number of carboxylic acids is 1. The summed E-state index contributed by atoms with van der Waals surface area (Å²) in [5.41, 5.74) is -1.44. The first-order valence-electron chi connectivity index (χ1n) is 8.26. The molecule has 1 N–H and O–H groups in total. The summed E-state index contributed by atoms with van der Waals surface area (Å²) in [5.74, 6) is -0.945. The minimum absolute atomic E-state index is 0.127. The highest BCUT2D eigenvalue weighted by atomic mass is 16.6. The number of carboxylic acid groups (broad SMARTS) is 1. The fourth-order valence-electron chi connectivity index (χ4n) is 2.27. The first-order chi connectivity index (χ1) is 10.8. The third-order valence-corrected chi connectivity index (χ3v) is 3.42. The highest BCUT2D eigenvalue weighted by molar-refractivity contribution is 5.88. The fraction of sp³-hybridized carbons (Fsp3) is 0.824. The maximum absolute atomic E-state index is 12.3. The number of hydrogen-bond donors (Lipinski definition) is 1. The number of carbonyl (C=O) groups is 3. The summed E-state index contributed by atoms with van der Waals surface area (Å²) < 4.78 is 10.5. The second kappa shape index (κ2) is 7.40. The van der Waals surface area contributed by atoms with Gasteiger partial charge in [0.15, 0.2) is 0 Å². The number of hydrogen-bond acceptors (Lipinski definition) is 5. The molecule has 0 radical (unpaired) electrons. The summed E-state index contributed by atoms with van der Waals surface area (Å²) in [4.78, 5) is 36.3. The molecule has 1 fully saturated rings. The molecule has 7 nitrogen and oxygen atoms in total. The lowest BCUT2D eigenvalue weighted by Crippen LogP contribution is -2.44. The van der Waals surface area contributed by atoms with Gasteiger partial charge in [0.2, 0.25) is 0 Å². The van der Waals surface area contributed by atoms with Crippen LogP contribution in [0, 0.1) is 11.8 Å². The molecule has 0 aliphatic heterocycles. The molecule has 0 heterocycles. The zero-order valence-corrected chi connectivity index (χ0v) is 15.4. The van der Waals surface area contributed by atoms with Crippen LogP contribution in [0.3, 0.4) is 0 Å². The first kappa shape index (κ1) is 20.3. The molecule has 24 heavy (non-hydrogen) atoms. The number of ether oxygens (including phenoxy) is 2. The molecule has 1 saturated carbocycles. The van der Waals surface area contributed by atoms with Gasteiger partial charge in [-0.3, -0.25) is 4.79 Å². The van der Waals surface area contributed by atoms with Gasteiger partial charge in [0, 0.05) is 6.54 Å². The Morgan fingerprint density at radius 1 is 1.00 bits per heavy atom. The topological polar surface area (TPSA) is 93.1 Å². The molecular weight excluding hydrogens is 314 g/mol. The molecule has 0 saturated heterocycles. The van der Waals surface area contributed by atoms with Gasteiger partial charge in [-0.15, -0.1) is 0 Å². The van der Waals surface area contributed by atoms with Crippen molar-refractivity contribution < 1.29 is 29.0 Å². The quantitative estimate of drug-likeness (QED) is 0.819. The summed E-state index contributed by atoms with van der Waals surface area (Å²) in [7, 11) is 0. The molecule has 0 spiro atoms. The van der Waals surface area contributed by atoms with Gasteiger partial charge in [0.25, 0.3) is 0 Å². The van der Waals surface area contributed by atoms with Gasteiger partial charge in [-0.25, -0.2) is 14.5 Å². The average molecular weight is 343 g/mol. The third-order valence-electron chi connectivity index (χ3n) is 3.42. The molecule has 138 valence electrons. The number of carbonyl (C=O) groups excluding carboxylic acids is 2. The van der Waals surface area contributed by atoms with E-state index in [2.05, 4.69) is 0 Å². The summed E-state index contributed by atoms with van der Waals surface area (Å²) in [6.07, 6.45) is 0.338. The maximum Gasteiger partial charge on any atom is 0.419 e. The molecule has 1 unspecified atom stereocenters. The van der Waals surface area contributed by atoms with Crippen LogP contribution in [0.25, 0.3) is 0 Å². The Morgan fingerprint density at radius 3 is 1.79 bits per heavy atom. The van der Waals surface area contributed by atoms with Crippen LogP contribution < -0.4 is 0 Å². The van der Waals surface area contributed by atoms with Crippen molar-refractivity contribution in [1.82, 2.24) is 4.90 Å². The van der Waals surface area contributed by atoms with Crippen molar-refractivity contribution >= 4 is 18.2 Å². The number of aliphatic carboxylic acids is 1. The Labute approximate surface area is 143 Å². The van der Waals surface area contributed by atoms with Crippen molar-refractivity contribution in [2.75, 3.05) is 6.54 Å². The Kier molecular flexibility index (Phi) is 6.25. The Bertz CT molecular complexity index is 460. The van der Waals surface area contributed by atoms with E-state index in [1.165, 1.54) is 0 Å². The highest BCUT2D eigenvalue weighted by Crippen LogP contribution is 2.42. The monoisotopic (exact) mass is 343 g/mol. The Hall–Kier alpha value is -1.79. The maximum atomic E-state index is 12.3. The molecule has 2 atom stereocenters. The van der Waals surface area contributed by atoms with Crippen LogP contribution in [-0.2, 0) is 14.3 Å². The summed E-state index contributed by atoms with van der Waals surface area (Å²) in [5, 5.41) is 8.91. The molecular formula is C17H29NO6. The van der Waals surface area contributed by atoms with Crippen LogP contribution in [0.4, 0.5) is 9.59 Å². The van der Waals surface area contributed by atoms with E-state index in [0.717, 1.165) is 4.90 Å². The van der Waals surface area contributed by atoms with Crippen LogP contribution in [0.5, 0.6) is 0 Å². The van der Waals surface area contributed by atoms with Gasteiger partial charge in [0.05, 0.1) is 5.92 Å². The normalized spacial score (nSPS) is 20.2. The van der Waals surface area contributed by atoms with E-state index in [4.69, 9.17) is 14.6 Å². The van der Waals surface area contributed by atoms with Crippen molar-refractivity contribution in [2.24, 2.45) is 11.8 Å². The van der Waals surface area contributed by atoms with Gasteiger partial charge in [-0.1, -0.05) is 0 Å². The summed E-state index contributed by atoms with van der Waals surface area (Å²) >= 11 is 0. The van der Waals surface area contributed by atoms with Gasteiger partial charge < -0.3 is 14.6 Å². The average Bonchev–Trinajstić information content (AvgIpc) is 3.09. The predicted octanol–water partition coefficient (Wildman–Crippen LogP) is 3.66. The molecule has 1 rings (SSSR count). The van der Waals surface area contributed by atoms with Crippen molar-refractivity contribution in [1.29, 1.82) is 0 Å². The molecule has 0 aromatic carbocycles. The van der Waals surface area contributed by atoms with Crippen molar-refractivity contribution in [3.8, 4) is 0 Å². The van der Waals surface area contributed by atoms with Gasteiger partial charge in [-0.05, 0) is 66.7 Å².